The second-order valence-electron chi connectivity index (χ2n) is 6.82. The smallest absolute Gasteiger partial charge is 0.267 e. The van der Waals surface area contributed by atoms with Crippen LogP contribution in [0.5, 0.6) is 0 Å². The fraction of sp³-hybridized carbons (Fsp3) is 0.130. The predicted molar refractivity (Wildman–Crippen MR) is 117 cm³/mol. The Bertz CT molecular complexity index is 1080. The van der Waals surface area contributed by atoms with E-state index >= 15 is 0 Å². The van der Waals surface area contributed by atoms with Crippen molar-refractivity contribution in [2.24, 2.45) is 5.10 Å². The molecule has 0 aromatic heterocycles. The first-order valence-corrected chi connectivity index (χ1v) is 10.2. The van der Waals surface area contributed by atoms with E-state index in [4.69, 9.17) is 16.7 Å². The Morgan fingerprint density at radius 3 is 2.61 bits per heavy atom. The number of carbonyl (C=O) groups is 1. The molecule has 3 aromatic rings. The Morgan fingerprint density at radius 2 is 1.86 bits per heavy atom. The Balaban J connectivity index is 1.77. The van der Waals surface area contributed by atoms with Crippen LogP contribution in [-0.2, 0) is 0 Å². The van der Waals surface area contributed by atoms with E-state index in [1.54, 1.807) is 17.1 Å². The molecule has 0 saturated heterocycles. The Kier molecular flexibility index (Phi) is 5.33. The molecule has 0 aliphatic carbocycles. The number of aryl methyl sites for hydroxylation is 1. The van der Waals surface area contributed by atoms with Crippen LogP contribution in [0, 0.1) is 6.92 Å². The molecule has 5 heteroatoms. The van der Waals surface area contributed by atoms with Crippen LogP contribution in [0.25, 0.3) is 0 Å². The summed E-state index contributed by atoms with van der Waals surface area (Å²) in [5.41, 5.74) is 4.58. The fourth-order valence-electron chi connectivity index (χ4n) is 3.43. The topological polar surface area (TPSA) is 32.7 Å². The Morgan fingerprint density at radius 1 is 1.07 bits per heavy atom. The van der Waals surface area contributed by atoms with E-state index in [2.05, 4.69) is 35.0 Å². The van der Waals surface area contributed by atoms with Crippen molar-refractivity contribution in [3.63, 3.8) is 0 Å². The summed E-state index contributed by atoms with van der Waals surface area (Å²) in [5, 5.41) is 6.73. The molecule has 0 fully saturated rings. The lowest BCUT2D eigenvalue weighted by Crippen LogP contribution is -2.27. The van der Waals surface area contributed by atoms with E-state index < -0.39 is 0 Å². The predicted octanol–water partition coefficient (Wildman–Crippen LogP) is 6.40. The lowest BCUT2D eigenvalue weighted by molar-refractivity contribution is 0.0711. The third-order valence-corrected chi connectivity index (χ3v) is 5.63. The molecule has 1 amide bonds. The Hall–Kier alpha value is -2.43. The second-order valence-corrected chi connectivity index (χ2v) is 8.14. The lowest BCUT2D eigenvalue weighted by atomic mass is 9.97. The van der Waals surface area contributed by atoms with Crippen LogP contribution < -0.4 is 0 Å². The van der Waals surface area contributed by atoms with Crippen LogP contribution in [0.4, 0.5) is 0 Å². The molecular weight excluding hydrogens is 436 g/mol. The highest BCUT2D eigenvalue weighted by molar-refractivity contribution is 9.10. The molecule has 0 saturated carbocycles. The fourth-order valence-corrected chi connectivity index (χ4v) is 4.06. The molecule has 0 radical (unpaired) electrons. The molecule has 1 heterocycles. The summed E-state index contributed by atoms with van der Waals surface area (Å²) in [7, 11) is 0. The molecule has 0 spiro atoms. The molecule has 3 aromatic carbocycles. The number of rotatable bonds is 3. The molecule has 1 aliphatic rings. The third kappa shape index (κ3) is 3.75. The summed E-state index contributed by atoms with van der Waals surface area (Å²) in [6, 6.07) is 23.1. The van der Waals surface area contributed by atoms with Crippen molar-refractivity contribution in [3.05, 3.63) is 105 Å². The van der Waals surface area contributed by atoms with Gasteiger partial charge in [-0.2, -0.15) is 5.10 Å². The van der Waals surface area contributed by atoms with E-state index in [1.165, 1.54) is 0 Å². The molecule has 3 nitrogen and oxygen atoms in total. The summed E-state index contributed by atoms with van der Waals surface area (Å²) < 4.78 is 0.971. The van der Waals surface area contributed by atoms with Crippen molar-refractivity contribution in [1.29, 1.82) is 0 Å². The first-order chi connectivity index (χ1) is 13.5. The highest BCUT2D eigenvalue weighted by Gasteiger charge is 2.34. The van der Waals surface area contributed by atoms with Crippen LogP contribution in [0.1, 0.15) is 39.5 Å². The van der Waals surface area contributed by atoms with Crippen molar-refractivity contribution >= 4 is 39.1 Å². The van der Waals surface area contributed by atoms with Gasteiger partial charge in [0.1, 0.15) is 0 Å². The van der Waals surface area contributed by atoms with E-state index in [0.717, 1.165) is 26.9 Å². The number of hydrazone groups is 1. The van der Waals surface area contributed by atoms with Gasteiger partial charge < -0.3 is 0 Å². The van der Waals surface area contributed by atoms with Gasteiger partial charge in [-0.25, -0.2) is 5.01 Å². The zero-order valence-electron chi connectivity index (χ0n) is 15.3. The number of halogens is 2. The SMILES string of the molecule is Cc1cccc(C2=NN(C(=O)c3ccccc3Cl)[C@@H](c3cccc(Br)c3)C2)c1. The molecule has 140 valence electrons. The van der Waals surface area contributed by atoms with Crippen LogP contribution in [0.2, 0.25) is 5.02 Å². The van der Waals surface area contributed by atoms with Gasteiger partial charge in [-0.05, 0) is 42.3 Å². The zero-order chi connectivity index (χ0) is 19.7. The zero-order valence-corrected chi connectivity index (χ0v) is 17.6. The minimum Gasteiger partial charge on any atom is -0.267 e. The number of hydrogen-bond acceptors (Lipinski definition) is 2. The second kappa shape index (κ2) is 7.90. The van der Waals surface area contributed by atoms with Crippen LogP contribution in [0.15, 0.2) is 82.4 Å². The molecule has 0 unspecified atom stereocenters. The maximum absolute atomic E-state index is 13.3. The maximum Gasteiger partial charge on any atom is 0.276 e. The molecule has 0 N–H and O–H groups in total. The van der Waals surface area contributed by atoms with E-state index in [1.807, 2.05) is 48.5 Å². The summed E-state index contributed by atoms with van der Waals surface area (Å²) in [4.78, 5) is 13.3. The minimum atomic E-state index is -0.196. The van der Waals surface area contributed by atoms with E-state index in [0.29, 0.717) is 17.0 Å². The van der Waals surface area contributed by atoms with Crippen LogP contribution in [0.3, 0.4) is 0 Å². The van der Waals surface area contributed by atoms with Gasteiger partial charge in [-0.3, -0.25) is 4.79 Å². The van der Waals surface area contributed by atoms with Crippen molar-refractivity contribution in [1.82, 2.24) is 5.01 Å². The number of nitrogens with zero attached hydrogens (tertiary/aromatic N) is 2. The van der Waals surface area contributed by atoms with Crippen molar-refractivity contribution < 1.29 is 4.79 Å². The average molecular weight is 454 g/mol. The van der Waals surface area contributed by atoms with Gasteiger partial charge in [-0.15, -0.1) is 0 Å². The largest absolute Gasteiger partial charge is 0.276 e. The van der Waals surface area contributed by atoms with E-state index in [-0.39, 0.29) is 11.9 Å². The van der Waals surface area contributed by atoms with Gasteiger partial charge in [0.05, 0.1) is 22.3 Å². The normalized spacial score (nSPS) is 16.2. The molecular formula is C23H18BrClN2O. The van der Waals surface area contributed by atoms with Crippen LogP contribution in [-0.4, -0.2) is 16.6 Å². The number of hydrogen-bond donors (Lipinski definition) is 0. The summed E-state index contributed by atoms with van der Waals surface area (Å²) in [6.07, 6.45) is 0.649. The quantitative estimate of drug-likeness (QED) is 0.451. The molecule has 4 rings (SSSR count). The van der Waals surface area contributed by atoms with Gasteiger partial charge >= 0.3 is 0 Å². The average Bonchev–Trinajstić information content (AvgIpc) is 3.13. The van der Waals surface area contributed by atoms with E-state index in [9.17, 15) is 4.79 Å². The number of amides is 1. The van der Waals surface area contributed by atoms with Gasteiger partial charge in [0.25, 0.3) is 5.91 Å². The number of benzene rings is 3. The van der Waals surface area contributed by atoms with Gasteiger partial charge in [-0.1, -0.05) is 81.6 Å². The highest BCUT2D eigenvalue weighted by Crippen LogP contribution is 2.35. The van der Waals surface area contributed by atoms with Gasteiger partial charge in [0.15, 0.2) is 0 Å². The standard InChI is InChI=1S/C23H18BrClN2O/c1-15-6-4-7-16(12-15)21-14-22(17-8-5-9-18(24)13-17)27(26-21)23(28)19-10-2-3-11-20(19)25/h2-13,22H,14H2,1H3/t22-/m1/s1. The van der Waals surface area contributed by atoms with Gasteiger partial charge in [0, 0.05) is 10.9 Å². The summed E-state index contributed by atoms with van der Waals surface area (Å²) >= 11 is 9.82. The van der Waals surface area contributed by atoms with Crippen molar-refractivity contribution in [2.75, 3.05) is 0 Å². The van der Waals surface area contributed by atoms with Crippen LogP contribution >= 0.6 is 27.5 Å². The summed E-state index contributed by atoms with van der Waals surface area (Å²) in [6.45, 7) is 2.05. The molecule has 0 bridgehead atoms. The van der Waals surface area contributed by atoms with Crippen molar-refractivity contribution in [2.45, 2.75) is 19.4 Å². The summed E-state index contributed by atoms with van der Waals surface area (Å²) in [5.74, 6) is -0.196. The van der Waals surface area contributed by atoms with Crippen molar-refractivity contribution in [3.8, 4) is 0 Å². The molecule has 1 aliphatic heterocycles. The first kappa shape index (κ1) is 18.9. The molecule has 1 atom stereocenters. The van der Waals surface area contributed by atoms with Gasteiger partial charge in [0.2, 0.25) is 0 Å². The lowest BCUT2D eigenvalue weighted by Gasteiger charge is -2.22. The third-order valence-electron chi connectivity index (χ3n) is 4.81. The highest BCUT2D eigenvalue weighted by atomic mass is 79.9. The minimum absolute atomic E-state index is 0.184. The number of carbonyl (C=O) groups excluding carboxylic acids is 1. The monoisotopic (exact) mass is 452 g/mol. The maximum atomic E-state index is 13.3. The Labute approximate surface area is 177 Å². The first-order valence-electron chi connectivity index (χ1n) is 9.01. The molecule has 28 heavy (non-hydrogen) atoms.